The molecule has 0 spiro atoms. The Morgan fingerprint density at radius 2 is 1.32 bits per heavy atom. The minimum atomic E-state index is -4.71. The molecule has 37 heavy (non-hydrogen) atoms. The van der Waals surface area contributed by atoms with Crippen molar-refractivity contribution in [2.45, 2.75) is 106 Å². The van der Waals surface area contributed by atoms with Gasteiger partial charge in [0.25, 0.3) is 0 Å². The minimum Gasteiger partial charge on any atom is -0.394 e. The highest BCUT2D eigenvalue weighted by Gasteiger charge is 2.51. The third-order valence-corrected chi connectivity index (χ3v) is 7.24. The average Bonchev–Trinajstić information content (AvgIpc) is 2.87. The number of allylic oxidation sites excluding steroid dienone is 1. The molecule has 2 aliphatic rings. The quantitative estimate of drug-likeness (QED) is 0.0621. The second-order valence-electron chi connectivity index (χ2n) is 9.11. The van der Waals surface area contributed by atoms with E-state index in [9.17, 15) is 45.2 Å². The fourth-order valence-corrected chi connectivity index (χ4v) is 4.94. The normalized spacial score (nSPS) is 38.3. The number of hydrogen-bond donors (Lipinski definition) is 8. The van der Waals surface area contributed by atoms with Crippen molar-refractivity contribution >= 4 is 7.82 Å². The first-order chi connectivity index (χ1) is 17.6. The number of phosphoric ester groups is 1. The highest BCUT2D eigenvalue weighted by atomic mass is 31.2. The van der Waals surface area contributed by atoms with E-state index in [1.165, 1.54) is 0 Å². The predicted molar refractivity (Wildman–Crippen MR) is 126 cm³/mol. The lowest BCUT2D eigenvalue weighted by Crippen LogP contribution is -2.64. The first kappa shape index (κ1) is 32.7. The van der Waals surface area contributed by atoms with Crippen LogP contribution in [-0.4, -0.2) is 122 Å². The fraction of sp³-hybridized carbons (Fsp3) is 0.909. The van der Waals surface area contributed by atoms with E-state index < -0.39 is 82.4 Å². The molecule has 0 saturated carbocycles. The van der Waals surface area contributed by atoms with Crippen molar-refractivity contribution in [1.29, 1.82) is 0 Å². The van der Waals surface area contributed by atoms with Crippen LogP contribution in [0.4, 0.5) is 0 Å². The Morgan fingerprint density at radius 1 is 0.757 bits per heavy atom. The van der Waals surface area contributed by atoms with E-state index in [0.29, 0.717) is 6.42 Å². The zero-order valence-corrected chi connectivity index (χ0v) is 21.5. The molecule has 2 aliphatic heterocycles. The van der Waals surface area contributed by atoms with Crippen LogP contribution in [0, 0.1) is 0 Å². The molecule has 0 aliphatic carbocycles. The van der Waals surface area contributed by atoms with Gasteiger partial charge in [0.1, 0.15) is 48.8 Å². The van der Waals surface area contributed by atoms with E-state index in [1.807, 2.05) is 6.08 Å². The van der Waals surface area contributed by atoms with E-state index in [0.717, 1.165) is 38.5 Å². The van der Waals surface area contributed by atoms with Gasteiger partial charge < -0.3 is 54.8 Å². The van der Waals surface area contributed by atoms with Gasteiger partial charge in [0.2, 0.25) is 0 Å². The Hall–Kier alpha value is -0.550. The van der Waals surface area contributed by atoms with E-state index >= 15 is 0 Å². The summed E-state index contributed by atoms with van der Waals surface area (Å²) in [6.45, 7) is 2.05. The van der Waals surface area contributed by atoms with Gasteiger partial charge in [-0.25, -0.2) is 4.57 Å². The first-order valence-electron chi connectivity index (χ1n) is 12.4. The van der Waals surface area contributed by atoms with Crippen molar-refractivity contribution < 1.29 is 68.5 Å². The van der Waals surface area contributed by atoms with Crippen LogP contribution in [0.15, 0.2) is 12.7 Å². The summed E-state index contributed by atoms with van der Waals surface area (Å²) in [4.78, 5) is 10.0. The van der Waals surface area contributed by atoms with Gasteiger partial charge in [-0.3, -0.25) is 9.05 Å². The summed E-state index contributed by atoms with van der Waals surface area (Å²) in [7, 11) is -4.71. The van der Waals surface area contributed by atoms with Crippen molar-refractivity contribution in [3.63, 3.8) is 0 Å². The Bertz CT molecular complexity index is 709. The van der Waals surface area contributed by atoms with Gasteiger partial charge in [0.15, 0.2) is 12.6 Å². The highest BCUT2D eigenvalue weighted by Crippen LogP contribution is 2.47. The van der Waals surface area contributed by atoms with Gasteiger partial charge in [0, 0.05) is 0 Å². The van der Waals surface area contributed by atoms with Crippen molar-refractivity contribution in [1.82, 2.24) is 0 Å². The first-order valence-corrected chi connectivity index (χ1v) is 13.9. The van der Waals surface area contributed by atoms with Crippen LogP contribution in [0.3, 0.4) is 0 Å². The molecular formula is C22H41O14P. The molecule has 2 heterocycles. The molecule has 11 atom stereocenters. The zero-order valence-electron chi connectivity index (χ0n) is 20.6. The monoisotopic (exact) mass is 560 g/mol. The maximum absolute atomic E-state index is 12.3. The molecule has 218 valence electrons. The molecule has 0 bridgehead atoms. The second kappa shape index (κ2) is 15.9. The van der Waals surface area contributed by atoms with Gasteiger partial charge >= 0.3 is 7.82 Å². The SMILES string of the molecule is C=CCCCCCCCCOP(=O)(O)O[C@H]1O[C@H](CO)[C@@H](O[C@H]2O[C@H](CO)[C@H](O)[C@H](O)[C@H]2O)[C@H](O)[C@@H]1O. The second-order valence-corrected chi connectivity index (χ2v) is 10.5. The Balaban J connectivity index is 1.87. The molecule has 15 heteroatoms. The summed E-state index contributed by atoms with van der Waals surface area (Å²) in [6.07, 6.45) is -8.69. The van der Waals surface area contributed by atoms with Gasteiger partial charge in [-0.15, -0.1) is 6.58 Å². The molecule has 2 saturated heterocycles. The summed E-state index contributed by atoms with van der Waals surface area (Å²) in [5, 5.41) is 69.9. The highest BCUT2D eigenvalue weighted by molar-refractivity contribution is 7.47. The summed E-state index contributed by atoms with van der Waals surface area (Å²) in [5.74, 6) is 0. The van der Waals surface area contributed by atoms with Crippen molar-refractivity contribution in [3.05, 3.63) is 12.7 Å². The third-order valence-electron chi connectivity index (χ3n) is 6.25. The summed E-state index contributed by atoms with van der Waals surface area (Å²) in [5.41, 5.74) is 0. The molecule has 2 fully saturated rings. The van der Waals surface area contributed by atoms with Crippen LogP contribution in [-0.2, 0) is 27.8 Å². The summed E-state index contributed by atoms with van der Waals surface area (Å²) in [6, 6.07) is 0. The largest absolute Gasteiger partial charge is 0.474 e. The van der Waals surface area contributed by atoms with E-state index in [2.05, 4.69) is 6.58 Å². The molecule has 14 nitrogen and oxygen atoms in total. The molecule has 0 aromatic heterocycles. The zero-order chi connectivity index (χ0) is 27.6. The maximum atomic E-state index is 12.3. The molecule has 0 aromatic carbocycles. The van der Waals surface area contributed by atoms with Crippen molar-refractivity contribution in [2.24, 2.45) is 0 Å². The van der Waals surface area contributed by atoms with Crippen molar-refractivity contribution in [3.8, 4) is 0 Å². The fourth-order valence-electron chi connectivity index (χ4n) is 4.08. The topological polar surface area (TPSA) is 225 Å². The smallest absolute Gasteiger partial charge is 0.394 e. The van der Waals surface area contributed by atoms with Gasteiger partial charge in [0.05, 0.1) is 19.8 Å². The molecule has 2 rings (SSSR count). The minimum absolute atomic E-state index is 0.0852. The van der Waals surface area contributed by atoms with Crippen LogP contribution in [0.2, 0.25) is 0 Å². The summed E-state index contributed by atoms with van der Waals surface area (Å²) >= 11 is 0. The lowest BCUT2D eigenvalue weighted by Gasteiger charge is -2.45. The molecule has 1 unspecified atom stereocenters. The molecule has 0 radical (unpaired) electrons. The lowest BCUT2D eigenvalue weighted by molar-refractivity contribution is -0.353. The molecule has 8 N–H and O–H groups in total. The number of rotatable bonds is 16. The van der Waals surface area contributed by atoms with Crippen molar-refractivity contribution in [2.75, 3.05) is 19.8 Å². The number of ether oxygens (including phenoxy) is 3. The van der Waals surface area contributed by atoms with Crippen LogP contribution in [0.25, 0.3) is 0 Å². The number of aliphatic hydroxyl groups excluding tert-OH is 7. The summed E-state index contributed by atoms with van der Waals surface area (Å²) < 4.78 is 38.1. The van der Waals surface area contributed by atoms with Crippen LogP contribution >= 0.6 is 7.82 Å². The lowest BCUT2D eigenvalue weighted by atomic mass is 9.97. The van der Waals surface area contributed by atoms with E-state index in [1.54, 1.807) is 0 Å². The van der Waals surface area contributed by atoms with Gasteiger partial charge in [-0.05, 0) is 19.3 Å². The van der Waals surface area contributed by atoms with E-state index in [4.69, 9.17) is 23.3 Å². The van der Waals surface area contributed by atoms with E-state index in [-0.39, 0.29) is 6.61 Å². The Morgan fingerprint density at radius 3 is 1.95 bits per heavy atom. The number of unbranched alkanes of at least 4 members (excludes halogenated alkanes) is 6. The predicted octanol–water partition coefficient (Wildman–Crippen LogP) is -1.34. The van der Waals surface area contributed by atoms with Crippen LogP contribution in [0.1, 0.15) is 44.9 Å². The standard InChI is InChI=1S/C22H41O14P/c1-2-3-4-5-6-7-8-9-10-32-37(30,31)36-22-19(29)17(27)20(14(12-24)34-22)35-21-18(28)16(26)15(25)13(11-23)33-21/h2,13-29H,1,3-12H2,(H,30,31)/t13-,14-,15+,16+,17-,18-,19+,20-,21-,22-/m1/s1. The molecule has 0 amide bonds. The van der Waals surface area contributed by atoms with Crippen LogP contribution < -0.4 is 0 Å². The Kier molecular flexibility index (Phi) is 14.0. The average molecular weight is 561 g/mol. The van der Waals surface area contributed by atoms with Gasteiger partial charge in [-0.2, -0.15) is 0 Å². The molecular weight excluding hydrogens is 519 g/mol. The third kappa shape index (κ3) is 9.55. The Labute approximate surface area is 215 Å². The number of phosphoric acid groups is 1. The van der Waals surface area contributed by atoms with Gasteiger partial charge in [-0.1, -0.05) is 31.8 Å². The molecule has 0 aromatic rings. The maximum Gasteiger partial charge on any atom is 0.474 e. The number of hydrogen-bond acceptors (Lipinski definition) is 13. The van der Waals surface area contributed by atoms with Crippen LogP contribution in [0.5, 0.6) is 0 Å². The number of aliphatic hydroxyl groups is 7.